The van der Waals surface area contributed by atoms with E-state index in [0.29, 0.717) is 0 Å². The summed E-state index contributed by atoms with van der Waals surface area (Å²) in [6.45, 7) is 0. The number of hydrogen-bond donors (Lipinski definition) is 0. The second-order valence-corrected chi connectivity index (χ2v) is 12.7. The van der Waals surface area contributed by atoms with Crippen LogP contribution in [-0.2, 0) is 0 Å². The van der Waals surface area contributed by atoms with Gasteiger partial charge in [0.15, 0.2) is 0 Å². The summed E-state index contributed by atoms with van der Waals surface area (Å²) in [5.74, 6) is 0. The summed E-state index contributed by atoms with van der Waals surface area (Å²) < 4.78 is 4.46. The van der Waals surface area contributed by atoms with Crippen LogP contribution in [0.5, 0.6) is 0 Å². The number of thioether (sulfide) groups is 3. The first-order valence-electron chi connectivity index (χ1n) is 7.97. The van der Waals surface area contributed by atoms with Crippen molar-refractivity contribution in [1.29, 1.82) is 0 Å². The van der Waals surface area contributed by atoms with Gasteiger partial charge in [-0.05, 0) is 0 Å². The van der Waals surface area contributed by atoms with Crippen molar-refractivity contribution < 1.29 is 0 Å². The molecule has 0 N–H and O–H groups in total. The second-order valence-electron chi connectivity index (χ2n) is 5.43. The van der Waals surface area contributed by atoms with Crippen molar-refractivity contribution in [1.82, 2.24) is 0 Å². The summed E-state index contributed by atoms with van der Waals surface area (Å²) in [5, 5.41) is 0. The van der Waals surface area contributed by atoms with E-state index in [0.717, 1.165) is 0 Å². The molecule has 3 aromatic carbocycles. The standard InChI is InChI=1S/C21H21AsS3/c1-23-19-10-4-16(5-11-19)22(17-6-12-20(24-2)13-7-17)18-8-14-21(25-3)15-9-18/h4-15H,1-3H3. The molecule has 0 aliphatic heterocycles. The SMILES string of the molecule is CSc1ccc([As](c2ccc(SC)cc2)c2ccc(SC)cc2)cc1. The van der Waals surface area contributed by atoms with Gasteiger partial charge in [0.1, 0.15) is 0 Å². The van der Waals surface area contributed by atoms with Gasteiger partial charge < -0.3 is 0 Å². The Hall–Kier alpha value is -0.732. The zero-order valence-electron chi connectivity index (χ0n) is 14.6. The Morgan fingerprint density at radius 1 is 0.440 bits per heavy atom. The first-order valence-corrected chi connectivity index (χ1v) is 14.5. The van der Waals surface area contributed by atoms with Gasteiger partial charge in [0, 0.05) is 0 Å². The fraction of sp³-hybridized carbons (Fsp3) is 0.143. The normalized spacial score (nSPS) is 11.0. The van der Waals surface area contributed by atoms with Crippen molar-refractivity contribution in [2.75, 3.05) is 18.8 Å². The molecule has 0 spiro atoms. The third kappa shape index (κ3) is 4.71. The molecule has 0 fully saturated rings. The van der Waals surface area contributed by atoms with Crippen LogP contribution in [0, 0.1) is 0 Å². The van der Waals surface area contributed by atoms with Gasteiger partial charge >= 0.3 is 169 Å². The van der Waals surface area contributed by atoms with E-state index in [4.69, 9.17) is 0 Å². The summed E-state index contributed by atoms with van der Waals surface area (Å²) in [6, 6.07) is 27.5. The molecule has 128 valence electrons. The Morgan fingerprint density at radius 3 is 0.880 bits per heavy atom. The number of hydrogen-bond acceptors (Lipinski definition) is 3. The predicted molar refractivity (Wildman–Crippen MR) is 119 cm³/mol. The van der Waals surface area contributed by atoms with Crippen LogP contribution in [0.4, 0.5) is 0 Å². The van der Waals surface area contributed by atoms with E-state index in [1.54, 1.807) is 35.3 Å². The van der Waals surface area contributed by atoms with E-state index in [9.17, 15) is 0 Å². The fourth-order valence-electron chi connectivity index (χ4n) is 2.64. The van der Waals surface area contributed by atoms with Crippen molar-refractivity contribution in [3.63, 3.8) is 0 Å². The maximum atomic E-state index is 2.33. The monoisotopic (exact) mass is 444 g/mol. The van der Waals surface area contributed by atoms with E-state index in [2.05, 4.69) is 91.6 Å². The molecule has 0 nitrogen and oxygen atoms in total. The molecule has 4 heteroatoms. The molecule has 0 aliphatic rings. The Kier molecular flexibility index (Phi) is 7.07. The van der Waals surface area contributed by atoms with Crippen LogP contribution in [0.3, 0.4) is 0 Å². The predicted octanol–water partition coefficient (Wildman–Crippen LogP) is 4.37. The Balaban J connectivity index is 2.04. The van der Waals surface area contributed by atoms with Gasteiger partial charge in [-0.3, -0.25) is 0 Å². The zero-order valence-corrected chi connectivity index (χ0v) is 18.9. The number of benzene rings is 3. The van der Waals surface area contributed by atoms with Gasteiger partial charge in [-0.1, -0.05) is 0 Å². The van der Waals surface area contributed by atoms with Crippen molar-refractivity contribution in [2.45, 2.75) is 14.7 Å². The molecule has 0 radical (unpaired) electrons. The molecule has 0 atom stereocenters. The van der Waals surface area contributed by atoms with Crippen LogP contribution in [0.1, 0.15) is 0 Å². The molecule has 0 aromatic heterocycles. The van der Waals surface area contributed by atoms with E-state index in [-0.39, 0.29) is 0 Å². The average molecular weight is 445 g/mol. The third-order valence-electron chi connectivity index (χ3n) is 3.99. The van der Waals surface area contributed by atoms with Crippen molar-refractivity contribution in [3.05, 3.63) is 72.8 Å². The van der Waals surface area contributed by atoms with Crippen LogP contribution >= 0.6 is 35.3 Å². The van der Waals surface area contributed by atoms with Crippen LogP contribution in [0.2, 0.25) is 0 Å². The van der Waals surface area contributed by atoms with Crippen molar-refractivity contribution in [2.24, 2.45) is 0 Å². The molecule has 0 aliphatic carbocycles. The van der Waals surface area contributed by atoms with Gasteiger partial charge in [0.25, 0.3) is 0 Å². The van der Waals surface area contributed by atoms with Gasteiger partial charge in [-0.2, -0.15) is 0 Å². The average Bonchev–Trinajstić information content (AvgIpc) is 2.70. The molecule has 0 saturated carbocycles. The Morgan fingerprint density at radius 2 is 0.680 bits per heavy atom. The first-order chi connectivity index (χ1) is 12.2. The van der Waals surface area contributed by atoms with Crippen molar-refractivity contribution in [3.8, 4) is 0 Å². The van der Waals surface area contributed by atoms with E-state index in [1.165, 1.54) is 27.7 Å². The first kappa shape index (κ1) is 19.0. The molecule has 0 bridgehead atoms. The summed E-state index contributed by atoms with van der Waals surface area (Å²) in [5.41, 5.74) is 0. The molecule has 25 heavy (non-hydrogen) atoms. The molecule has 3 rings (SSSR count). The topological polar surface area (TPSA) is 0 Å². The molecule has 0 amide bonds. The molecule has 0 unspecified atom stereocenters. The molecule has 0 heterocycles. The maximum absolute atomic E-state index is 2.33. The third-order valence-corrected chi connectivity index (χ3v) is 11.3. The van der Waals surface area contributed by atoms with Gasteiger partial charge in [0.2, 0.25) is 0 Å². The summed E-state index contributed by atoms with van der Waals surface area (Å²) in [6.07, 6.45) is 6.40. The fourth-order valence-corrected chi connectivity index (χ4v) is 8.56. The number of rotatable bonds is 6. The molecular formula is C21H21AsS3. The minimum atomic E-state index is -1.52. The Bertz CT molecular complexity index is 683. The van der Waals surface area contributed by atoms with Gasteiger partial charge in [-0.25, -0.2) is 0 Å². The second kappa shape index (κ2) is 9.28. The minimum absolute atomic E-state index is 1.33. The van der Waals surface area contributed by atoms with Gasteiger partial charge in [0.05, 0.1) is 0 Å². The molecule has 0 saturated heterocycles. The zero-order chi connectivity index (χ0) is 17.6. The molecule has 3 aromatic rings. The van der Waals surface area contributed by atoms with Crippen LogP contribution in [-0.4, -0.2) is 33.4 Å². The van der Waals surface area contributed by atoms with Crippen LogP contribution < -0.4 is 13.1 Å². The van der Waals surface area contributed by atoms with Gasteiger partial charge in [-0.15, -0.1) is 0 Å². The van der Waals surface area contributed by atoms with E-state index < -0.39 is 14.7 Å². The van der Waals surface area contributed by atoms with Crippen LogP contribution in [0.25, 0.3) is 0 Å². The van der Waals surface area contributed by atoms with E-state index >= 15 is 0 Å². The molecular weight excluding hydrogens is 423 g/mol. The summed E-state index contributed by atoms with van der Waals surface area (Å²) in [7, 11) is 0. The van der Waals surface area contributed by atoms with Crippen LogP contribution in [0.15, 0.2) is 87.5 Å². The van der Waals surface area contributed by atoms with Crippen molar-refractivity contribution >= 4 is 63.0 Å². The summed E-state index contributed by atoms with van der Waals surface area (Å²) >= 11 is 3.89. The quantitative estimate of drug-likeness (QED) is 0.410. The van der Waals surface area contributed by atoms with E-state index in [1.807, 2.05) is 0 Å². The Labute approximate surface area is 168 Å². The summed E-state index contributed by atoms with van der Waals surface area (Å²) in [4.78, 5) is 3.98.